The standard InChI is InChI=1S/C29H27N3O5S/c1-2-35-28(34)23(15-19-7-4-3-5-8-19)32-27(33)26-18-31-29(38-26)36-22-11-13-24-20(16-22)10-12-25(37-24)21-9-6-14-30-17-21/h3-9,11,13-14,16-18,23,25H,2,10,12,15H2,1H3,(H,32,33)/t23-,25?/m0/s1. The molecule has 0 spiro atoms. The number of nitrogens with one attached hydrogen (secondary N) is 1. The average Bonchev–Trinajstić information content (AvgIpc) is 3.42. The second kappa shape index (κ2) is 11.9. The fourth-order valence-corrected chi connectivity index (χ4v) is 4.94. The van der Waals surface area contributed by atoms with Crippen LogP contribution in [0.5, 0.6) is 16.7 Å². The number of aryl methyl sites for hydroxylation is 1. The van der Waals surface area contributed by atoms with E-state index in [1.165, 1.54) is 6.20 Å². The van der Waals surface area contributed by atoms with Gasteiger partial charge in [-0.2, -0.15) is 0 Å². The zero-order valence-electron chi connectivity index (χ0n) is 20.8. The average molecular weight is 530 g/mol. The van der Waals surface area contributed by atoms with Crippen LogP contribution in [0, 0.1) is 0 Å². The van der Waals surface area contributed by atoms with Gasteiger partial charge >= 0.3 is 5.97 Å². The Morgan fingerprint density at radius 2 is 2.00 bits per heavy atom. The minimum absolute atomic E-state index is 0.0247. The van der Waals surface area contributed by atoms with Crippen molar-refractivity contribution < 1.29 is 23.8 Å². The topological polar surface area (TPSA) is 99.6 Å². The summed E-state index contributed by atoms with van der Waals surface area (Å²) in [6, 6.07) is 18.2. The van der Waals surface area contributed by atoms with Gasteiger partial charge in [0.25, 0.3) is 11.1 Å². The lowest BCUT2D eigenvalue weighted by Gasteiger charge is -2.26. The van der Waals surface area contributed by atoms with Crippen molar-refractivity contribution in [3.63, 3.8) is 0 Å². The fraction of sp³-hybridized carbons (Fsp3) is 0.241. The molecule has 2 atom stereocenters. The number of thiazole rings is 1. The van der Waals surface area contributed by atoms with Crippen LogP contribution in [0.1, 0.15) is 45.8 Å². The van der Waals surface area contributed by atoms with Crippen LogP contribution in [0.3, 0.4) is 0 Å². The smallest absolute Gasteiger partial charge is 0.328 e. The van der Waals surface area contributed by atoms with Crippen LogP contribution < -0.4 is 14.8 Å². The lowest BCUT2D eigenvalue weighted by molar-refractivity contribution is -0.145. The van der Waals surface area contributed by atoms with E-state index in [1.807, 2.05) is 66.9 Å². The molecule has 2 aromatic heterocycles. The largest absolute Gasteiger partial charge is 0.485 e. The molecule has 9 heteroatoms. The molecule has 0 aliphatic carbocycles. The minimum Gasteiger partial charge on any atom is -0.485 e. The Morgan fingerprint density at radius 3 is 2.79 bits per heavy atom. The van der Waals surface area contributed by atoms with Crippen LogP contribution in [0.4, 0.5) is 0 Å². The molecule has 1 N–H and O–H groups in total. The highest BCUT2D eigenvalue weighted by atomic mass is 32.1. The van der Waals surface area contributed by atoms with Crippen molar-refractivity contribution in [2.45, 2.75) is 38.3 Å². The summed E-state index contributed by atoms with van der Waals surface area (Å²) in [5.74, 6) is 0.543. The molecule has 2 aromatic carbocycles. The number of nitrogens with zero attached hydrogens (tertiary/aromatic N) is 2. The summed E-state index contributed by atoms with van der Waals surface area (Å²) in [6.45, 7) is 1.96. The first kappa shape index (κ1) is 25.4. The van der Waals surface area contributed by atoms with Crippen molar-refractivity contribution in [2.24, 2.45) is 0 Å². The van der Waals surface area contributed by atoms with E-state index in [2.05, 4.69) is 15.3 Å². The van der Waals surface area contributed by atoms with Gasteiger partial charge in [-0.15, -0.1) is 0 Å². The van der Waals surface area contributed by atoms with Crippen molar-refractivity contribution in [3.8, 4) is 16.7 Å². The van der Waals surface area contributed by atoms with Crippen LogP contribution in [0.25, 0.3) is 0 Å². The number of hydrogen-bond acceptors (Lipinski definition) is 8. The van der Waals surface area contributed by atoms with Crippen LogP contribution in [0.15, 0.2) is 79.3 Å². The van der Waals surface area contributed by atoms with E-state index in [-0.39, 0.29) is 12.7 Å². The number of hydrogen-bond donors (Lipinski definition) is 1. The summed E-state index contributed by atoms with van der Waals surface area (Å²) in [4.78, 5) is 34.2. The molecule has 1 aliphatic heterocycles. The number of fused-ring (bicyclic) bond motifs is 1. The molecule has 194 valence electrons. The second-order valence-corrected chi connectivity index (χ2v) is 9.75. The maximum atomic E-state index is 12.9. The lowest BCUT2D eigenvalue weighted by atomic mass is 9.98. The van der Waals surface area contributed by atoms with E-state index in [0.717, 1.165) is 46.6 Å². The van der Waals surface area contributed by atoms with E-state index >= 15 is 0 Å². The molecule has 1 aliphatic rings. The highest BCUT2D eigenvalue weighted by molar-refractivity contribution is 7.15. The van der Waals surface area contributed by atoms with Gasteiger partial charge in [-0.05, 0) is 55.2 Å². The number of carbonyl (C=O) groups excluding carboxylic acids is 2. The predicted molar refractivity (Wildman–Crippen MR) is 143 cm³/mol. The first-order chi connectivity index (χ1) is 18.6. The molecule has 0 saturated heterocycles. The third kappa shape index (κ3) is 6.18. The van der Waals surface area contributed by atoms with E-state index in [4.69, 9.17) is 14.2 Å². The molecule has 1 amide bonds. The quantitative estimate of drug-likeness (QED) is 0.294. The molecule has 0 radical (unpaired) electrons. The van der Waals surface area contributed by atoms with Crippen molar-refractivity contribution in [1.29, 1.82) is 0 Å². The van der Waals surface area contributed by atoms with Crippen molar-refractivity contribution >= 4 is 23.2 Å². The van der Waals surface area contributed by atoms with Gasteiger partial charge in [-0.1, -0.05) is 47.7 Å². The minimum atomic E-state index is -0.813. The molecular formula is C29H27N3O5S. The molecule has 0 bridgehead atoms. The summed E-state index contributed by atoms with van der Waals surface area (Å²) >= 11 is 1.11. The number of benzene rings is 2. The maximum Gasteiger partial charge on any atom is 0.328 e. The Kier molecular flexibility index (Phi) is 7.94. The van der Waals surface area contributed by atoms with E-state index in [0.29, 0.717) is 22.2 Å². The van der Waals surface area contributed by atoms with Crippen molar-refractivity contribution in [3.05, 3.63) is 101 Å². The van der Waals surface area contributed by atoms with Gasteiger partial charge in [-0.25, -0.2) is 9.78 Å². The predicted octanol–water partition coefficient (Wildman–Crippen LogP) is 5.30. The fourth-order valence-electron chi connectivity index (χ4n) is 4.26. The van der Waals surface area contributed by atoms with Crippen LogP contribution >= 0.6 is 11.3 Å². The third-order valence-electron chi connectivity index (χ3n) is 6.11. The summed E-state index contributed by atoms with van der Waals surface area (Å²) in [5, 5.41) is 3.11. The molecule has 3 heterocycles. The molecule has 38 heavy (non-hydrogen) atoms. The van der Waals surface area contributed by atoms with Gasteiger partial charge in [-0.3, -0.25) is 9.78 Å². The molecule has 0 fully saturated rings. The van der Waals surface area contributed by atoms with Gasteiger partial charge in [0.1, 0.15) is 28.5 Å². The summed E-state index contributed by atoms with van der Waals surface area (Å²) in [6.07, 6.45) is 7.01. The monoisotopic (exact) mass is 529 g/mol. The number of esters is 1. The number of carbonyl (C=O) groups is 2. The lowest BCUT2D eigenvalue weighted by Crippen LogP contribution is -2.43. The Labute approximate surface area is 224 Å². The number of aromatic nitrogens is 2. The Bertz CT molecular complexity index is 1390. The van der Waals surface area contributed by atoms with Crippen molar-refractivity contribution in [1.82, 2.24) is 15.3 Å². The Morgan fingerprint density at radius 1 is 1.13 bits per heavy atom. The first-order valence-electron chi connectivity index (χ1n) is 12.4. The van der Waals surface area contributed by atoms with Gasteiger partial charge in [0, 0.05) is 24.4 Å². The summed E-state index contributed by atoms with van der Waals surface area (Å²) < 4.78 is 17.3. The van der Waals surface area contributed by atoms with E-state index < -0.39 is 17.9 Å². The molecule has 8 nitrogen and oxygen atoms in total. The molecular weight excluding hydrogens is 502 g/mol. The highest BCUT2D eigenvalue weighted by Gasteiger charge is 2.25. The normalized spacial score (nSPS) is 15.0. The Hall–Kier alpha value is -4.24. The van der Waals surface area contributed by atoms with Crippen LogP contribution in [0.2, 0.25) is 0 Å². The van der Waals surface area contributed by atoms with E-state index in [1.54, 1.807) is 13.1 Å². The molecule has 4 aromatic rings. The zero-order chi connectivity index (χ0) is 26.3. The third-order valence-corrected chi connectivity index (χ3v) is 6.98. The molecule has 5 rings (SSSR count). The second-order valence-electron chi connectivity index (χ2n) is 8.76. The highest BCUT2D eigenvalue weighted by Crippen LogP contribution is 2.37. The van der Waals surface area contributed by atoms with Gasteiger partial charge in [0.15, 0.2) is 0 Å². The zero-order valence-corrected chi connectivity index (χ0v) is 21.6. The van der Waals surface area contributed by atoms with Gasteiger partial charge in [0.2, 0.25) is 0 Å². The van der Waals surface area contributed by atoms with Crippen LogP contribution in [-0.4, -0.2) is 34.5 Å². The maximum absolute atomic E-state index is 12.9. The number of pyridine rings is 1. The van der Waals surface area contributed by atoms with Crippen LogP contribution in [-0.2, 0) is 22.4 Å². The van der Waals surface area contributed by atoms with Gasteiger partial charge < -0.3 is 19.5 Å². The summed E-state index contributed by atoms with van der Waals surface area (Å²) in [5.41, 5.74) is 3.03. The molecule has 0 saturated carbocycles. The van der Waals surface area contributed by atoms with Crippen molar-refractivity contribution in [2.75, 3.05) is 6.61 Å². The molecule has 1 unspecified atom stereocenters. The Balaban J connectivity index is 1.23. The summed E-state index contributed by atoms with van der Waals surface area (Å²) in [7, 11) is 0. The number of rotatable bonds is 9. The number of ether oxygens (including phenoxy) is 3. The van der Waals surface area contributed by atoms with Gasteiger partial charge in [0.05, 0.1) is 12.8 Å². The first-order valence-corrected chi connectivity index (χ1v) is 13.3. The van der Waals surface area contributed by atoms with E-state index in [9.17, 15) is 9.59 Å². The SMILES string of the molecule is CCOC(=O)[C@H](Cc1ccccc1)NC(=O)c1cnc(Oc2ccc3c(c2)CCC(c2cccnc2)O3)s1. The number of amides is 1.